The molecule has 2 aromatic rings. The summed E-state index contributed by atoms with van der Waals surface area (Å²) in [4.78, 5) is 12.2. The smallest absolute Gasteiger partial charge is 0.338 e. The third-order valence-electron chi connectivity index (χ3n) is 4.88. The first-order valence-corrected chi connectivity index (χ1v) is 12.8. The average Bonchev–Trinajstić information content (AvgIpc) is 2.96. The van der Waals surface area contributed by atoms with Crippen molar-refractivity contribution in [3.63, 3.8) is 0 Å². The van der Waals surface area contributed by atoms with Crippen LogP contribution < -0.4 is 0 Å². The number of hydrogen-bond acceptors (Lipinski definition) is 4. The fourth-order valence-corrected chi connectivity index (χ4v) is 3.87. The Morgan fingerprint density at radius 1 is 1.27 bits per heavy atom. The summed E-state index contributed by atoms with van der Waals surface area (Å²) in [6.45, 7) is 13.9. The molecule has 141 valence electrons. The van der Waals surface area contributed by atoms with E-state index in [0.717, 1.165) is 26.6 Å². The van der Waals surface area contributed by atoms with Crippen LogP contribution >= 0.6 is 22.6 Å². The second kappa shape index (κ2) is 8.48. The lowest BCUT2D eigenvalue weighted by Gasteiger charge is -2.35. The largest absolute Gasteiger partial charge is 0.463 e. The molecule has 0 unspecified atom stereocenters. The zero-order valence-corrected chi connectivity index (χ0v) is 19.6. The van der Waals surface area contributed by atoms with E-state index >= 15 is 0 Å². The second-order valence-electron chi connectivity index (χ2n) is 7.97. The molecule has 0 saturated heterocycles. The van der Waals surface area contributed by atoms with Gasteiger partial charge in [-0.2, -0.15) is 0 Å². The van der Waals surface area contributed by atoms with Crippen LogP contribution in [0.25, 0.3) is 11.0 Å². The quantitative estimate of drug-likeness (QED) is 0.213. The van der Waals surface area contributed by atoms with E-state index in [9.17, 15) is 4.79 Å². The number of carbonyl (C=O) groups is 1. The van der Waals surface area contributed by atoms with Gasteiger partial charge in [0.1, 0.15) is 18.6 Å². The van der Waals surface area contributed by atoms with Crippen LogP contribution in [-0.2, 0) is 15.8 Å². The first-order valence-electron chi connectivity index (χ1n) is 8.86. The summed E-state index contributed by atoms with van der Waals surface area (Å²) in [5.41, 5.74) is 1.34. The number of furan rings is 1. The molecule has 1 aromatic carbocycles. The molecule has 0 aliphatic rings. The molecule has 7 heteroatoms. The van der Waals surface area contributed by atoms with Gasteiger partial charge in [-0.05, 0) is 65.2 Å². The van der Waals surface area contributed by atoms with Crippen molar-refractivity contribution in [2.75, 3.05) is 6.61 Å². The molecule has 1 radical (unpaired) electrons. The van der Waals surface area contributed by atoms with Gasteiger partial charge in [0.25, 0.3) is 0 Å². The Morgan fingerprint density at radius 2 is 1.96 bits per heavy atom. The molecule has 0 fully saturated rings. The monoisotopic (exact) mass is 485 g/mol. The summed E-state index contributed by atoms with van der Waals surface area (Å²) < 4.78 is 18.4. The van der Waals surface area contributed by atoms with Crippen LogP contribution in [0.3, 0.4) is 0 Å². The number of benzene rings is 1. The van der Waals surface area contributed by atoms with Crippen LogP contribution in [0.2, 0.25) is 31.3 Å². The molecular formula is C19H27BIO4Si. The van der Waals surface area contributed by atoms with E-state index < -0.39 is 8.32 Å². The maximum Gasteiger partial charge on any atom is 0.338 e. The molecule has 0 amide bonds. The van der Waals surface area contributed by atoms with E-state index in [0.29, 0.717) is 18.8 Å². The first-order chi connectivity index (χ1) is 12.0. The van der Waals surface area contributed by atoms with Gasteiger partial charge < -0.3 is 13.6 Å². The number of fused-ring (bicyclic) bond motifs is 1. The Balaban J connectivity index is 2.17. The molecule has 26 heavy (non-hydrogen) atoms. The van der Waals surface area contributed by atoms with Crippen molar-refractivity contribution in [3.05, 3.63) is 33.1 Å². The Morgan fingerprint density at radius 3 is 2.58 bits per heavy atom. The van der Waals surface area contributed by atoms with E-state index in [4.69, 9.17) is 13.6 Å². The Bertz CT molecular complexity index is 780. The molecule has 1 heterocycles. The molecule has 2 rings (SSSR count). The SMILES string of the molecule is C[B]CCOC(=O)c1cc(I)c2oc(CO[Si](C)(C)C(C)(C)C)cc2c1. The fourth-order valence-electron chi connectivity index (χ4n) is 2.17. The number of hydrogen-bond donors (Lipinski definition) is 0. The number of esters is 1. The van der Waals surface area contributed by atoms with Gasteiger partial charge in [0.05, 0.1) is 22.3 Å². The summed E-state index contributed by atoms with van der Waals surface area (Å²) in [7, 11) is 0.141. The zero-order chi connectivity index (χ0) is 19.5. The van der Waals surface area contributed by atoms with Crippen LogP contribution in [0.1, 0.15) is 36.9 Å². The fraction of sp³-hybridized carbons (Fsp3) is 0.526. The van der Waals surface area contributed by atoms with Crippen LogP contribution in [0.15, 0.2) is 22.6 Å². The standard InChI is InChI=1S/C19H27BIO4Si/c1-19(2,3)26(5,6)24-12-15-10-13-9-14(11-16(21)17(13)25-15)18(22)23-8-7-20-4/h9-11H,7-8,12H2,1-6H3. The van der Waals surface area contributed by atoms with E-state index in [2.05, 4.69) is 56.5 Å². The van der Waals surface area contributed by atoms with Crippen LogP contribution in [0.4, 0.5) is 0 Å². The Hall–Kier alpha value is -0.798. The summed E-state index contributed by atoms with van der Waals surface area (Å²) in [6.07, 6.45) is 0.756. The second-order valence-corrected chi connectivity index (χ2v) is 13.9. The van der Waals surface area contributed by atoms with Crippen molar-refractivity contribution in [2.24, 2.45) is 0 Å². The van der Waals surface area contributed by atoms with Gasteiger partial charge in [0.15, 0.2) is 8.32 Å². The molecule has 4 nitrogen and oxygen atoms in total. The highest BCUT2D eigenvalue weighted by molar-refractivity contribution is 14.1. The lowest BCUT2D eigenvalue weighted by Crippen LogP contribution is -2.40. The molecular weight excluding hydrogens is 458 g/mol. The van der Waals surface area contributed by atoms with Gasteiger partial charge in [-0.1, -0.05) is 27.6 Å². The molecule has 0 saturated carbocycles. The van der Waals surface area contributed by atoms with Crippen molar-refractivity contribution in [1.82, 2.24) is 0 Å². The molecule has 0 N–H and O–H groups in total. The lowest BCUT2D eigenvalue weighted by atomic mass is 9.79. The number of rotatable bonds is 7. The minimum atomic E-state index is -1.84. The number of ether oxygens (including phenoxy) is 1. The topological polar surface area (TPSA) is 48.7 Å². The predicted octanol–water partition coefficient (Wildman–Crippen LogP) is 5.89. The Kier molecular flexibility index (Phi) is 7.01. The lowest BCUT2D eigenvalue weighted by molar-refractivity contribution is 0.0526. The molecule has 0 aliphatic carbocycles. The highest BCUT2D eigenvalue weighted by Crippen LogP contribution is 2.37. The Labute approximate surface area is 171 Å². The molecule has 0 atom stereocenters. The predicted molar refractivity (Wildman–Crippen MR) is 118 cm³/mol. The van der Waals surface area contributed by atoms with Crippen LogP contribution in [-0.4, -0.2) is 28.2 Å². The maximum absolute atomic E-state index is 12.2. The number of carbonyl (C=O) groups excluding carboxylic acids is 1. The molecule has 1 aromatic heterocycles. The van der Waals surface area contributed by atoms with Gasteiger partial charge in [-0.15, -0.1) is 0 Å². The summed E-state index contributed by atoms with van der Waals surface area (Å²) in [6, 6.07) is 5.60. The van der Waals surface area contributed by atoms with Gasteiger partial charge in [-0.25, -0.2) is 4.79 Å². The highest BCUT2D eigenvalue weighted by Gasteiger charge is 2.37. The van der Waals surface area contributed by atoms with Crippen LogP contribution in [0, 0.1) is 3.57 Å². The minimum absolute atomic E-state index is 0.153. The summed E-state index contributed by atoms with van der Waals surface area (Å²) in [5, 5.41) is 1.06. The van der Waals surface area contributed by atoms with Gasteiger partial charge in [-0.3, -0.25) is 0 Å². The average molecular weight is 485 g/mol. The molecule has 0 aliphatic heterocycles. The first kappa shape index (κ1) is 21.5. The maximum atomic E-state index is 12.2. The van der Waals surface area contributed by atoms with Crippen molar-refractivity contribution in [2.45, 2.75) is 58.7 Å². The normalized spacial score (nSPS) is 12.4. The van der Waals surface area contributed by atoms with E-state index in [1.807, 2.05) is 32.3 Å². The summed E-state index contributed by atoms with van der Waals surface area (Å²) >= 11 is 2.19. The third-order valence-corrected chi connectivity index (χ3v) is 10.2. The highest BCUT2D eigenvalue weighted by atomic mass is 127. The van der Waals surface area contributed by atoms with E-state index in [1.165, 1.54) is 0 Å². The van der Waals surface area contributed by atoms with Crippen molar-refractivity contribution in [1.29, 1.82) is 0 Å². The third kappa shape index (κ3) is 5.13. The summed E-state index contributed by atoms with van der Waals surface area (Å²) in [5.74, 6) is 0.487. The van der Waals surface area contributed by atoms with E-state index in [-0.39, 0.29) is 11.0 Å². The van der Waals surface area contributed by atoms with Crippen molar-refractivity contribution < 1.29 is 18.4 Å². The zero-order valence-electron chi connectivity index (χ0n) is 16.4. The minimum Gasteiger partial charge on any atom is -0.463 e. The van der Waals surface area contributed by atoms with Gasteiger partial charge in [0, 0.05) is 5.39 Å². The van der Waals surface area contributed by atoms with Crippen LogP contribution in [0.5, 0.6) is 0 Å². The van der Waals surface area contributed by atoms with Crippen molar-refractivity contribution >= 4 is 55.1 Å². The number of halogens is 1. The van der Waals surface area contributed by atoms with Gasteiger partial charge in [0.2, 0.25) is 0 Å². The van der Waals surface area contributed by atoms with Gasteiger partial charge >= 0.3 is 5.97 Å². The van der Waals surface area contributed by atoms with Crippen molar-refractivity contribution in [3.8, 4) is 0 Å². The molecule has 0 spiro atoms. The van der Waals surface area contributed by atoms with E-state index in [1.54, 1.807) is 0 Å². The molecule has 0 bridgehead atoms.